The van der Waals surface area contributed by atoms with Crippen LogP contribution in [0.15, 0.2) is 48.5 Å². The average molecular weight is 276 g/mol. The SMILES string of the molecule is O=[N+]([O-])c1ccc(C(O)CNc2cccc(F)c2)cc1. The van der Waals surface area contributed by atoms with Gasteiger partial charge >= 0.3 is 0 Å². The number of nitrogens with one attached hydrogen (secondary N) is 1. The highest BCUT2D eigenvalue weighted by atomic mass is 19.1. The van der Waals surface area contributed by atoms with Gasteiger partial charge in [0.2, 0.25) is 0 Å². The van der Waals surface area contributed by atoms with Crippen LogP contribution in [0.3, 0.4) is 0 Å². The Morgan fingerprint density at radius 1 is 1.25 bits per heavy atom. The van der Waals surface area contributed by atoms with Crippen molar-refractivity contribution >= 4 is 11.4 Å². The Bertz CT molecular complexity index is 602. The smallest absolute Gasteiger partial charge is 0.269 e. The van der Waals surface area contributed by atoms with Crippen LogP contribution in [0.4, 0.5) is 15.8 Å². The number of halogens is 1. The number of nitrogens with zero attached hydrogens (tertiary/aromatic N) is 1. The maximum Gasteiger partial charge on any atom is 0.269 e. The molecule has 0 bridgehead atoms. The number of aliphatic hydroxyl groups is 1. The minimum Gasteiger partial charge on any atom is -0.387 e. The van der Waals surface area contributed by atoms with Gasteiger partial charge in [0.25, 0.3) is 5.69 Å². The third-order valence-electron chi connectivity index (χ3n) is 2.81. The molecule has 0 spiro atoms. The molecule has 0 aromatic heterocycles. The minimum absolute atomic E-state index is 0.0287. The zero-order chi connectivity index (χ0) is 14.5. The van der Waals surface area contributed by atoms with Gasteiger partial charge < -0.3 is 10.4 Å². The summed E-state index contributed by atoms with van der Waals surface area (Å²) in [5, 5.41) is 23.4. The van der Waals surface area contributed by atoms with Gasteiger partial charge in [-0.3, -0.25) is 10.1 Å². The Hall–Kier alpha value is -2.47. The molecule has 2 rings (SSSR count). The first-order chi connectivity index (χ1) is 9.56. The molecule has 0 amide bonds. The highest BCUT2D eigenvalue weighted by molar-refractivity contribution is 5.43. The third kappa shape index (κ3) is 3.52. The van der Waals surface area contributed by atoms with E-state index >= 15 is 0 Å². The number of benzene rings is 2. The zero-order valence-electron chi connectivity index (χ0n) is 10.5. The fourth-order valence-corrected chi connectivity index (χ4v) is 1.75. The van der Waals surface area contributed by atoms with Gasteiger partial charge in [-0.2, -0.15) is 0 Å². The summed E-state index contributed by atoms with van der Waals surface area (Å²) in [5.41, 5.74) is 1.09. The number of hydrogen-bond acceptors (Lipinski definition) is 4. The van der Waals surface area contributed by atoms with Gasteiger partial charge in [-0.1, -0.05) is 6.07 Å². The van der Waals surface area contributed by atoms with Crippen LogP contribution < -0.4 is 5.32 Å². The summed E-state index contributed by atoms with van der Waals surface area (Å²) in [6.45, 7) is 0.182. The molecular formula is C14H13FN2O3. The monoisotopic (exact) mass is 276 g/mol. The van der Waals surface area contributed by atoms with Gasteiger partial charge in [0.05, 0.1) is 11.0 Å². The summed E-state index contributed by atoms with van der Waals surface area (Å²) in [5.74, 6) is -0.361. The Morgan fingerprint density at radius 2 is 1.95 bits per heavy atom. The second-order valence-corrected chi connectivity index (χ2v) is 4.26. The first kappa shape index (κ1) is 14.0. The van der Waals surface area contributed by atoms with E-state index in [4.69, 9.17) is 0 Å². The first-order valence-corrected chi connectivity index (χ1v) is 5.98. The number of nitro benzene ring substituents is 1. The van der Waals surface area contributed by atoms with E-state index in [0.29, 0.717) is 11.3 Å². The van der Waals surface area contributed by atoms with Crippen LogP contribution in [0.2, 0.25) is 0 Å². The highest BCUT2D eigenvalue weighted by Gasteiger charge is 2.10. The van der Waals surface area contributed by atoms with E-state index in [1.165, 1.54) is 36.4 Å². The molecule has 0 radical (unpaired) electrons. The molecule has 6 heteroatoms. The van der Waals surface area contributed by atoms with Crippen molar-refractivity contribution in [3.8, 4) is 0 Å². The van der Waals surface area contributed by atoms with Crippen molar-refractivity contribution in [2.45, 2.75) is 6.10 Å². The molecule has 2 aromatic carbocycles. The van der Waals surface area contributed by atoms with Crippen molar-refractivity contribution in [2.75, 3.05) is 11.9 Å². The van der Waals surface area contributed by atoms with Gasteiger partial charge in [0.1, 0.15) is 5.82 Å². The number of nitro groups is 1. The molecule has 104 valence electrons. The van der Waals surface area contributed by atoms with Crippen molar-refractivity contribution in [3.05, 3.63) is 70.0 Å². The molecule has 1 atom stereocenters. The van der Waals surface area contributed by atoms with E-state index in [9.17, 15) is 19.6 Å². The van der Waals surface area contributed by atoms with Gasteiger partial charge in [-0.05, 0) is 35.9 Å². The lowest BCUT2D eigenvalue weighted by atomic mass is 10.1. The van der Waals surface area contributed by atoms with E-state index in [2.05, 4.69) is 5.32 Å². The lowest BCUT2D eigenvalue weighted by Crippen LogP contribution is -2.12. The van der Waals surface area contributed by atoms with Crippen LogP contribution in [0.1, 0.15) is 11.7 Å². The van der Waals surface area contributed by atoms with E-state index in [-0.39, 0.29) is 18.0 Å². The molecule has 0 saturated carbocycles. The van der Waals surface area contributed by atoms with Crippen LogP contribution in [0.5, 0.6) is 0 Å². The second kappa shape index (κ2) is 6.12. The number of hydrogen-bond donors (Lipinski definition) is 2. The number of anilines is 1. The maximum atomic E-state index is 13.0. The number of aliphatic hydroxyl groups excluding tert-OH is 1. The largest absolute Gasteiger partial charge is 0.387 e. The van der Waals surface area contributed by atoms with Gasteiger partial charge in [0.15, 0.2) is 0 Å². The van der Waals surface area contributed by atoms with E-state index in [1.54, 1.807) is 12.1 Å². The lowest BCUT2D eigenvalue weighted by Gasteiger charge is -2.13. The molecule has 2 N–H and O–H groups in total. The van der Waals surface area contributed by atoms with Crippen LogP contribution in [0.25, 0.3) is 0 Å². The summed E-state index contributed by atoms with van der Waals surface area (Å²) in [6, 6.07) is 11.6. The van der Waals surface area contributed by atoms with Crippen molar-refractivity contribution in [1.82, 2.24) is 0 Å². The molecule has 1 unspecified atom stereocenters. The van der Waals surface area contributed by atoms with Crippen molar-refractivity contribution in [2.24, 2.45) is 0 Å². The molecular weight excluding hydrogens is 263 g/mol. The minimum atomic E-state index is -0.834. The van der Waals surface area contributed by atoms with E-state index in [0.717, 1.165) is 0 Å². The molecule has 0 saturated heterocycles. The molecule has 20 heavy (non-hydrogen) atoms. The third-order valence-corrected chi connectivity index (χ3v) is 2.81. The molecule has 0 aliphatic carbocycles. The van der Waals surface area contributed by atoms with Crippen LogP contribution in [0, 0.1) is 15.9 Å². The quantitative estimate of drug-likeness (QED) is 0.650. The summed E-state index contributed by atoms with van der Waals surface area (Å²) in [4.78, 5) is 10.0. The Balaban J connectivity index is 1.97. The van der Waals surface area contributed by atoms with Crippen LogP contribution in [-0.4, -0.2) is 16.6 Å². The fraction of sp³-hybridized carbons (Fsp3) is 0.143. The summed E-state index contributed by atoms with van der Waals surface area (Å²) in [7, 11) is 0. The van der Waals surface area contributed by atoms with Gasteiger partial charge in [-0.25, -0.2) is 4.39 Å². The fourth-order valence-electron chi connectivity index (χ4n) is 1.75. The van der Waals surface area contributed by atoms with E-state index in [1.807, 2.05) is 0 Å². The first-order valence-electron chi connectivity index (χ1n) is 5.98. The second-order valence-electron chi connectivity index (χ2n) is 4.26. The predicted octanol–water partition coefficient (Wildman–Crippen LogP) is 2.88. The highest BCUT2D eigenvalue weighted by Crippen LogP contribution is 2.18. The number of non-ortho nitro benzene ring substituents is 1. The van der Waals surface area contributed by atoms with E-state index < -0.39 is 11.0 Å². The molecule has 0 aliphatic heterocycles. The normalized spacial score (nSPS) is 11.9. The summed E-state index contributed by atoms with van der Waals surface area (Å²) < 4.78 is 13.0. The Kier molecular flexibility index (Phi) is 4.27. The molecule has 0 heterocycles. The molecule has 0 aliphatic rings. The van der Waals surface area contributed by atoms with Crippen LogP contribution in [-0.2, 0) is 0 Å². The Morgan fingerprint density at radius 3 is 2.55 bits per heavy atom. The summed E-state index contributed by atoms with van der Waals surface area (Å²) in [6.07, 6.45) is -0.834. The number of rotatable bonds is 5. The molecule has 2 aromatic rings. The van der Waals surface area contributed by atoms with Gasteiger partial charge in [-0.15, -0.1) is 0 Å². The lowest BCUT2D eigenvalue weighted by molar-refractivity contribution is -0.384. The molecule has 0 fully saturated rings. The van der Waals surface area contributed by atoms with Crippen molar-refractivity contribution < 1.29 is 14.4 Å². The molecule has 5 nitrogen and oxygen atoms in total. The average Bonchev–Trinajstić information content (AvgIpc) is 2.45. The topological polar surface area (TPSA) is 75.4 Å². The summed E-state index contributed by atoms with van der Waals surface area (Å²) >= 11 is 0. The Labute approximate surface area is 114 Å². The zero-order valence-corrected chi connectivity index (χ0v) is 10.5. The standard InChI is InChI=1S/C14H13FN2O3/c15-11-2-1-3-12(8-11)16-9-14(18)10-4-6-13(7-5-10)17(19)20/h1-8,14,16,18H,9H2. The van der Waals surface area contributed by atoms with Crippen LogP contribution >= 0.6 is 0 Å². The predicted molar refractivity (Wildman–Crippen MR) is 72.9 cm³/mol. The van der Waals surface area contributed by atoms with Crippen molar-refractivity contribution in [3.63, 3.8) is 0 Å². The maximum absolute atomic E-state index is 13.0. The van der Waals surface area contributed by atoms with Crippen molar-refractivity contribution in [1.29, 1.82) is 0 Å². The van der Waals surface area contributed by atoms with Gasteiger partial charge in [0, 0.05) is 24.4 Å².